The maximum absolute atomic E-state index is 12.9. The van der Waals surface area contributed by atoms with Crippen molar-refractivity contribution >= 4 is 5.91 Å². The molecule has 0 radical (unpaired) electrons. The van der Waals surface area contributed by atoms with E-state index >= 15 is 0 Å². The van der Waals surface area contributed by atoms with Crippen LogP contribution in [-0.2, 0) is 0 Å². The first-order valence-corrected chi connectivity index (χ1v) is 10.4. The average molecular weight is 363 g/mol. The van der Waals surface area contributed by atoms with Crippen molar-refractivity contribution in [2.24, 2.45) is 5.92 Å². The van der Waals surface area contributed by atoms with E-state index < -0.39 is 0 Å². The second-order valence-electron chi connectivity index (χ2n) is 8.20. The highest BCUT2D eigenvalue weighted by atomic mass is 16.2. The SMILES string of the molecule is CC1CCCC(N2CCN(C(=O)c3ccc(-c4ccccc4)cc3)CC2)C1. The lowest BCUT2D eigenvalue weighted by Crippen LogP contribution is -2.52. The summed E-state index contributed by atoms with van der Waals surface area (Å²) in [4.78, 5) is 17.5. The molecule has 1 heterocycles. The molecule has 0 N–H and O–H groups in total. The Morgan fingerprint density at radius 3 is 2.19 bits per heavy atom. The summed E-state index contributed by atoms with van der Waals surface area (Å²) in [6.07, 6.45) is 5.40. The van der Waals surface area contributed by atoms with E-state index in [-0.39, 0.29) is 5.91 Å². The van der Waals surface area contributed by atoms with E-state index in [2.05, 4.69) is 36.1 Å². The Bertz CT molecular complexity index is 748. The number of piperazine rings is 1. The first kappa shape index (κ1) is 18.2. The molecule has 2 aromatic rings. The molecule has 3 heteroatoms. The lowest BCUT2D eigenvalue weighted by molar-refractivity contribution is 0.0489. The van der Waals surface area contributed by atoms with Crippen LogP contribution in [0.3, 0.4) is 0 Å². The lowest BCUT2D eigenvalue weighted by Gasteiger charge is -2.42. The Hall–Kier alpha value is -2.13. The van der Waals surface area contributed by atoms with Crippen LogP contribution in [0.4, 0.5) is 0 Å². The van der Waals surface area contributed by atoms with Gasteiger partial charge in [0.25, 0.3) is 5.91 Å². The topological polar surface area (TPSA) is 23.6 Å². The molecule has 1 aliphatic heterocycles. The van der Waals surface area contributed by atoms with E-state index in [1.165, 1.54) is 31.2 Å². The zero-order valence-electron chi connectivity index (χ0n) is 16.3. The molecule has 2 atom stereocenters. The van der Waals surface area contributed by atoms with E-state index in [4.69, 9.17) is 0 Å². The van der Waals surface area contributed by atoms with E-state index in [0.717, 1.165) is 49.3 Å². The zero-order valence-corrected chi connectivity index (χ0v) is 16.3. The number of benzene rings is 2. The van der Waals surface area contributed by atoms with Gasteiger partial charge in [-0.3, -0.25) is 9.69 Å². The Morgan fingerprint density at radius 1 is 0.852 bits per heavy atom. The summed E-state index contributed by atoms with van der Waals surface area (Å²) in [5.74, 6) is 1.03. The van der Waals surface area contributed by atoms with Gasteiger partial charge in [-0.2, -0.15) is 0 Å². The van der Waals surface area contributed by atoms with Crippen molar-refractivity contribution in [3.8, 4) is 11.1 Å². The van der Waals surface area contributed by atoms with Crippen LogP contribution in [0.1, 0.15) is 43.0 Å². The van der Waals surface area contributed by atoms with Crippen LogP contribution in [-0.4, -0.2) is 47.9 Å². The largest absolute Gasteiger partial charge is 0.336 e. The molecule has 1 saturated heterocycles. The third kappa shape index (κ3) is 4.24. The molecule has 0 bridgehead atoms. The van der Waals surface area contributed by atoms with Crippen LogP contribution in [0.15, 0.2) is 54.6 Å². The second-order valence-corrected chi connectivity index (χ2v) is 8.20. The van der Waals surface area contributed by atoms with Crippen LogP contribution in [0.5, 0.6) is 0 Å². The van der Waals surface area contributed by atoms with Crippen LogP contribution in [0.25, 0.3) is 11.1 Å². The van der Waals surface area contributed by atoms with Crippen LogP contribution in [0.2, 0.25) is 0 Å². The minimum atomic E-state index is 0.172. The van der Waals surface area contributed by atoms with Crippen LogP contribution >= 0.6 is 0 Å². The Labute approximate surface area is 163 Å². The van der Waals surface area contributed by atoms with Crippen molar-refractivity contribution in [2.45, 2.75) is 38.6 Å². The maximum atomic E-state index is 12.9. The smallest absolute Gasteiger partial charge is 0.253 e. The standard InChI is InChI=1S/C24H30N2O/c1-19-6-5-9-23(18-19)25-14-16-26(17-15-25)24(27)22-12-10-21(11-13-22)20-7-3-2-4-8-20/h2-4,7-8,10-13,19,23H,5-6,9,14-18H2,1H3. The van der Waals surface area contributed by atoms with Gasteiger partial charge in [-0.05, 0) is 42.0 Å². The van der Waals surface area contributed by atoms with Gasteiger partial charge in [0.1, 0.15) is 0 Å². The summed E-state index contributed by atoms with van der Waals surface area (Å²) in [5.41, 5.74) is 3.14. The fourth-order valence-electron chi connectivity index (χ4n) is 4.64. The minimum Gasteiger partial charge on any atom is -0.336 e. The van der Waals surface area contributed by atoms with E-state index in [9.17, 15) is 4.79 Å². The summed E-state index contributed by atoms with van der Waals surface area (Å²) in [7, 11) is 0. The zero-order chi connectivity index (χ0) is 18.6. The van der Waals surface area contributed by atoms with Crippen molar-refractivity contribution in [3.05, 3.63) is 60.2 Å². The molecule has 2 unspecified atom stereocenters. The van der Waals surface area contributed by atoms with Gasteiger partial charge in [-0.15, -0.1) is 0 Å². The lowest BCUT2D eigenvalue weighted by atomic mass is 9.86. The number of carbonyl (C=O) groups is 1. The van der Waals surface area contributed by atoms with Gasteiger partial charge in [0.05, 0.1) is 0 Å². The molecule has 1 aliphatic carbocycles. The molecule has 4 rings (SSSR count). The molecule has 2 aliphatic rings. The molecule has 0 aromatic heterocycles. The summed E-state index contributed by atoms with van der Waals surface area (Å²) in [6.45, 7) is 6.12. The van der Waals surface area contributed by atoms with Crippen LogP contribution < -0.4 is 0 Å². The van der Waals surface area contributed by atoms with Gasteiger partial charge in [-0.1, -0.05) is 62.2 Å². The fourth-order valence-corrected chi connectivity index (χ4v) is 4.64. The summed E-state index contributed by atoms with van der Waals surface area (Å²) in [5, 5.41) is 0. The quantitative estimate of drug-likeness (QED) is 0.791. The fraction of sp³-hybridized carbons (Fsp3) is 0.458. The van der Waals surface area contributed by atoms with Crippen molar-refractivity contribution in [1.82, 2.24) is 9.80 Å². The van der Waals surface area contributed by atoms with Crippen molar-refractivity contribution in [3.63, 3.8) is 0 Å². The van der Waals surface area contributed by atoms with E-state index in [1.54, 1.807) is 0 Å². The number of nitrogens with zero attached hydrogens (tertiary/aromatic N) is 2. The average Bonchev–Trinajstić information content (AvgIpc) is 2.74. The molecule has 0 spiro atoms. The molecular weight excluding hydrogens is 332 g/mol. The van der Waals surface area contributed by atoms with Crippen molar-refractivity contribution < 1.29 is 4.79 Å². The number of rotatable bonds is 3. The molecule has 1 saturated carbocycles. The normalized spacial score (nSPS) is 24.0. The minimum absolute atomic E-state index is 0.172. The molecule has 2 fully saturated rings. The highest BCUT2D eigenvalue weighted by Crippen LogP contribution is 2.28. The maximum Gasteiger partial charge on any atom is 0.253 e. The van der Waals surface area contributed by atoms with Gasteiger partial charge in [0.15, 0.2) is 0 Å². The van der Waals surface area contributed by atoms with E-state index in [1.807, 2.05) is 35.2 Å². The second kappa shape index (κ2) is 8.26. The first-order valence-electron chi connectivity index (χ1n) is 10.4. The van der Waals surface area contributed by atoms with E-state index in [0.29, 0.717) is 0 Å². The van der Waals surface area contributed by atoms with Gasteiger partial charge in [0, 0.05) is 37.8 Å². The Morgan fingerprint density at radius 2 is 1.52 bits per heavy atom. The van der Waals surface area contributed by atoms with Crippen molar-refractivity contribution in [2.75, 3.05) is 26.2 Å². The summed E-state index contributed by atoms with van der Waals surface area (Å²) >= 11 is 0. The predicted molar refractivity (Wildman–Crippen MR) is 111 cm³/mol. The molecule has 2 aromatic carbocycles. The number of hydrogen-bond donors (Lipinski definition) is 0. The third-order valence-corrected chi connectivity index (χ3v) is 6.27. The third-order valence-electron chi connectivity index (χ3n) is 6.27. The van der Waals surface area contributed by atoms with Gasteiger partial charge in [-0.25, -0.2) is 0 Å². The molecule has 27 heavy (non-hydrogen) atoms. The number of hydrogen-bond acceptors (Lipinski definition) is 2. The number of carbonyl (C=O) groups excluding carboxylic acids is 1. The molecule has 3 nitrogen and oxygen atoms in total. The number of amides is 1. The molecule has 142 valence electrons. The Balaban J connectivity index is 1.35. The highest BCUT2D eigenvalue weighted by molar-refractivity contribution is 5.94. The van der Waals surface area contributed by atoms with Crippen LogP contribution in [0, 0.1) is 5.92 Å². The summed E-state index contributed by atoms with van der Waals surface area (Å²) < 4.78 is 0. The molecule has 1 amide bonds. The molecular formula is C24H30N2O. The van der Waals surface area contributed by atoms with Crippen molar-refractivity contribution in [1.29, 1.82) is 0 Å². The Kier molecular flexibility index (Phi) is 5.58. The van der Waals surface area contributed by atoms with Gasteiger partial charge < -0.3 is 4.90 Å². The predicted octanol–water partition coefficient (Wildman–Crippen LogP) is 4.69. The highest BCUT2D eigenvalue weighted by Gasteiger charge is 2.29. The van der Waals surface area contributed by atoms with Gasteiger partial charge >= 0.3 is 0 Å². The van der Waals surface area contributed by atoms with Gasteiger partial charge in [0.2, 0.25) is 0 Å². The monoisotopic (exact) mass is 362 g/mol. The first-order chi connectivity index (χ1) is 13.2. The summed E-state index contributed by atoms with van der Waals surface area (Å²) in [6, 6.07) is 19.1.